The van der Waals surface area contributed by atoms with E-state index in [4.69, 9.17) is 19.1 Å². The minimum atomic E-state index is -0.106. The van der Waals surface area contributed by atoms with E-state index in [1.165, 1.54) is 22.9 Å². The van der Waals surface area contributed by atoms with Gasteiger partial charge in [0.15, 0.2) is 0 Å². The minimum absolute atomic E-state index is 0.106. The first kappa shape index (κ1) is 17.6. The molecule has 2 aromatic rings. The third-order valence-electron chi connectivity index (χ3n) is 2.33. The zero-order chi connectivity index (χ0) is 13.8. The number of halogens is 2. The summed E-state index contributed by atoms with van der Waals surface area (Å²) in [6.07, 6.45) is 2.63. The molecule has 0 aromatic heterocycles. The molecule has 0 aliphatic carbocycles. The molecule has 2 unspecified atom stereocenters. The summed E-state index contributed by atoms with van der Waals surface area (Å²) in [6.45, 7) is 0. The average Bonchev–Trinajstić information content (AvgIpc) is 2.47. The van der Waals surface area contributed by atoms with Crippen molar-refractivity contribution in [1.82, 2.24) is 0 Å². The van der Waals surface area contributed by atoms with Gasteiger partial charge < -0.3 is 0 Å². The Kier molecular flexibility index (Phi) is 11.4. The van der Waals surface area contributed by atoms with Crippen LogP contribution in [0.4, 0.5) is 0 Å². The van der Waals surface area contributed by atoms with Crippen LogP contribution in [0.2, 0.25) is 0 Å². The maximum absolute atomic E-state index is 4.81. The van der Waals surface area contributed by atoms with E-state index in [9.17, 15) is 0 Å². The summed E-state index contributed by atoms with van der Waals surface area (Å²) in [7, 11) is 11.6. The standard InChI is InChI=1S/C14H16P2.2ClH.Pd/c1-3-7-13(8-4-1)15-11-12-16-14-9-5-2-6-10-14;;;/h1-10,15-16H,11-12H2;2*1H;/q;;;+2/p-2. The van der Waals surface area contributed by atoms with Gasteiger partial charge in [-0.3, -0.25) is 0 Å². The van der Waals surface area contributed by atoms with Crippen LogP contribution in [-0.4, -0.2) is 12.3 Å². The molecule has 0 aliphatic rings. The van der Waals surface area contributed by atoms with E-state index < -0.39 is 0 Å². The molecular formula is C14H16Cl2P2Pd. The second-order valence-corrected chi connectivity index (χ2v) is 8.85. The van der Waals surface area contributed by atoms with Crippen molar-refractivity contribution in [3.05, 3.63) is 60.7 Å². The fraction of sp³-hybridized carbons (Fsp3) is 0.143. The Labute approximate surface area is 135 Å². The van der Waals surface area contributed by atoms with Crippen molar-refractivity contribution < 1.29 is 15.9 Å². The van der Waals surface area contributed by atoms with Crippen LogP contribution in [-0.2, 0) is 15.9 Å². The van der Waals surface area contributed by atoms with Crippen LogP contribution in [0.5, 0.6) is 0 Å². The molecule has 0 nitrogen and oxygen atoms in total. The summed E-state index contributed by atoms with van der Waals surface area (Å²) >= 11 is -0.106. The second kappa shape index (κ2) is 12.3. The van der Waals surface area contributed by atoms with Crippen LogP contribution in [0, 0.1) is 0 Å². The number of hydrogen-bond donors (Lipinski definition) is 0. The van der Waals surface area contributed by atoms with Gasteiger partial charge in [0.2, 0.25) is 0 Å². The molecule has 5 heteroatoms. The fourth-order valence-corrected chi connectivity index (χ4v) is 3.96. The predicted octanol–water partition coefficient (Wildman–Crippen LogP) is 4.37. The van der Waals surface area contributed by atoms with Crippen molar-refractivity contribution in [2.24, 2.45) is 0 Å². The quantitative estimate of drug-likeness (QED) is 0.381. The Hall–Kier alpha value is 0.542. The van der Waals surface area contributed by atoms with Gasteiger partial charge in [-0.1, -0.05) is 77.8 Å². The molecule has 0 saturated carbocycles. The number of rotatable bonds is 5. The number of hydrogen-bond acceptors (Lipinski definition) is 0. The van der Waals surface area contributed by atoms with Gasteiger partial charge in [0.05, 0.1) is 0 Å². The molecule has 0 N–H and O–H groups in total. The molecule has 0 amide bonds. The summed E-state index contributed by atoms with van der Waals surface area (Å²) in [4.78, 5) is 0. The monoisotopic (exact) mass is 422 g/mol. The first-order chi connectivity index (χ1) is 9.36. The molecule has 0 fully saturated rings. The summed E-state index contributed by atoms with van der Waals surface area (Å²) in [6, 6.07) is 21.6. The van der Waals surface area contributed by atoms with Crippen LogP contribution >= 0.6 is 36.2 Å². The first-order valence-corrected chi connectivity index (χ1v) is 12.2. The van der Waals surface area contributed by atoms with Crippen molar-refractivity contribution >= 4 is 46.8 Å². The molecule has 2 rings (SSSR count). The Morgan fingerprint density at radius 3 is 1.32 bits per heavy atom. The Bertz CT molecular complexity index is 384. The van der Waals surface area contributed by atoms with E-state index in [1.807, 2.05) is 0 Å². The summed E-state index contributed by atoms with van der Waals surface area (Å²) < 4.78 is 0. The first-order valence-electron chi connectivity index (χ1n) is 5.77. The minimum Gasteiger partial charge on any atom is -0.0900 e. The maximum atomic E-state index is 4.81. The van der Waals surface area contributed by atoms with Gasteiger partial charge in [-0.05, 0) is 22.9 Å². The molecule has 0 spiro atoms. The Balaban J connectivity index is 0.000000550. The van der Waals surface area contributed by atoms with E-state index in [2.05, 4.69) is 60.7 Å². The van der Waals surface area contributed by atoms with Gasteiger partial charge in [-0.25, -0.2) is 0 Å². The number of benzene rings is 2. The van der Waals surface area contributed by atoms with Crippen LogP contribution < -0.4 is 10.6 Å². The van der Waals surface area contributed by atoms with Crippen molar-refractivity contribution in [1.29, 1.82) is 0 Å². The molecule has 19 heavy (non-hydrogen) atoms. The Morgan fingerprint density at radius 2 is 1.00 bits per heavy atom. The molecule has 0 radical (unpaired) electrons. The molecule has 2 atom stereocenters. The van der Waals surface area contributed by atoms with Gasteiger partial charge in [0.1, 0.15) is 0 Å². The molecule has 0 aliphatic heterocycles. The van der Waals surface area contributed by atoms with Crippen molar-refractivity contribution in [3.8, 4) is 0 Å². The molecule has 0 saturated heterocycles. The maximum Gasteiger partial charge on any atom is -0.0271 e. The van der Waals surface area contributed by atoms with Crippen molar-refractivity contribution in [3.63, 3.8) is 0 Å². The zero-order valence-corrected chi connectivity index (χ0v) is 15.3. The van der Waals surface area contributed by atoms with Gasteiger partial charge in [-0.2, -0.15) is 0 Å². The Morgan fingerprint density at radius 1 is 0.684 bits per heavy atom. The van der Waals surface area contributed by atoms with Gasteiger partial charge in [-0.15, -0.1) is 0 Å². The van der Waals surface area contributed by atoms with Crippen LogP contribution in [0.1, 0.15) is 0 Å². The SMILES string of the molecule is [Cl][Pd][Cl].c1ccc(PCCPc2ccccc2)cc1. The largest absolute Gasteiger partial charge is 0.0900 e. The molecular weight excluding hydrogens is 407 g/mol. The van der Waals surface area contributed by atoms with Gasteiger partial charge in [0.25, 0.3) is 0 Å². The topological polar surface area (TPSA) is 0 Å². The molecule has 2 aromatic carbocycles. The smallest absolute Gasteiger partial charge is 0.0271 e. The van der Waals surface area contributed by atoms with Crippen LogP contribution in [0.3, 0.4) is 0 Å². The van der Waals surface area contributed by atoms with E-state index in [0.29, 0.717) is 0 Å². The van der Waals surface area contributed by atoms with E-state index >= 15 is 0 Å². The van der Waals surface area contributed by atoms with E-state index in [1.54, 1.807) is 0 Å². The van der Waals surface area contributed by atoms with Crippen molar-refractivity contribution in [2.45, 2.75) is 0 Å². The summed E-state index contributed by atoms with van der Waals surface area (Å²) in [5.74, 6) is 0. The fourth-order valence-electron chi connectivity index (χ4n) is 1.53. The summed E-state index contributed by atoms with van der Waals surface area (Å²) in [5, 5.41) is 2.97. The van der Waals surface area contributed by atoms with E-state index in [0.717, 1.165) is 17.2 Å². The van der Waals surface area contributed by atoms with Crippen LogP contribution in [0.15, 0.2) is 60.7 Å². The second-order valence-electron chi connectivity index (χ2n) is 3.63. The average molecular weight is 424 g/mol. The summed E-state index contributed by atoms with van der Waals surface area (Å²) in [5.41, 5.74) is 0. The van der Waals surface area contributed by atoms with Gasteiger partial charge >= 0.3 is 35.0 Å². The van der Waals surface area contributed by atoms with E-state index in [-0.39, 0.29) is 15.9 Å². The van der Waals surface area contributed by atoms with Crippen LogP contribution in [0.25, 0.3) is 0 Å². The molecule has 0 bridgehead atoms. The normalized spacial score (nSPS) is 11.1. The third kappa shape index (κ3) is 9.16. The van der Waals surface area contributed by atoms with Gasteiger partial charge in [0, 0.05) is 0 Å². The third-order valence-corrected chi connectivity index (χ3v) is 5.31. The molecule has 106 valence electrons. The predicted molar refractivity (Wildman–Crippen MR) is 90.2 cm³/mol. The zero-order valence-electron chi connectivity index (χ0n) is 10.3. The van der Waals surface area contributed by atoms with Crippen molar-refractivity contribution in [2.75, 3.05) is 12.3 Å². The molecule has 0 heterocycles.